The molecule has 3 heteroatoms. The highest BCUT2D eigenvalue weighted by Gasteiger charge is 2.22. The lowest BCUT2D eigenvalue weighted by Crippen LogP contribution is -2.30. The van der Waals surface area contributed by atoms with Gasteiger partial charge in [-0.3, -0.25) is 4.79 Å². The molecule has 0 bridgehead atoms. The van der Waals surface area contributed by atoms with Gasteiger partial charge in [0.25, 0.3) is 0 Å². The van der Waals surface area contributed by atoms with Gasteiger partial charge in [-0.05, 0) is 18.4 Å². The summed E-state index contributed by atoms with van der Waals surface area (Å²) in [6.45, 7) is 1.43. The molecule has 1 aliphatic heterocycles. The lowest BCUT2D eigenvalue weighted by Gasteiger charge is -2.20. The summed E-state index contributed by atoms with van der Waals surface area (Å²) in [6, 6.07) is 12.2. The van der Waals surface area contributed by atoms with Gasteiger partial charge < -0.3 is 4.90 Å². The van der Waals surface area contributed by atoms with Crippen molar-refractivity contribution in [1.29, 1.82) is 5.26 Å². The molecule has 0 spiro atoms. The van der Waals surface area contributed by atoms with E-state index in [0.29, 0.717) is 13.0 Å². The summed E-state index contributed by atoms with van der Waals surface area (Å²) in [5.74, 6) is 0.0150. The Labute approximate surface area is 102 Å². The van der Waals surface area contributed by atoms with Crippen LogP contribution in [0.25, 0.3) is 0 Å². The van der Waals surface area contributed by atoms with E-state index in [1.165, 1.54) is 0 Å². The number of benzene rings is 1. The predicted molar refractivity (Wildman–Crippen MR) is 64.8 cm³/mol. The van der Waals surface area contributed by atoms with E-state index < -0.39 is 0 Å². The topological polar surface area (TPSA) is 44.1 Å². The molecule has 0 unspecified atom stereocenters. The van der Waals surface area contributed by atoms with E-state index in [1.807, 2.05) is 35.2 Å². The number of rotatable bonds is 2. The Balaban J connectivity index is 2.02. The molecule has 0 aliphatic carbocycles. The van der Waals surface area contributed by atoms with Crippen LogP contribution in [-0.2, 0) is 11.3 Å². The average molecular weight is 228 g/mol. The smallest absolute Gasteiger partial charge is 0.224 e. The highest BCUT2D eigenvalue weighted by atomic mass is 16.2. The number of carbonyl (C=O) groups is 1. The quantitative estimate of drug-likeness (QED) is 0.779. The molecular formula is C14H16N2O. The summed E-state index contributed by atoms with van der Waals surface area (Å²) >= 11 is 0. The SMILES string of the molecule is N#C[C@H]1CCCN(Cc2ccccc2)C(=O)C1. The van der Waals surface area contributed by atoms with Crippen LogP contribution in [0.5, 0.6) is 0 Å². The van der Waals surface area contributed by atoms with Crippen LogP contribution in [0.15, 0.2) is 30.3 Å². The maximum absolute atomic E-state index is 12.0. The standard InChI is InChI=1S/C14H16N2O/c15-10-13-7-4-8-16(14(17)9-13)11-12-5-2-1-3-6-12/h1-3,5-6,13H,4,7-9,11H2/t13-/m0/s1. The summed E-state index contributed by atoms with van der Waals surface area (Å²) in [5.41, 5.74) is 1.15. The van der Waals surface area contributed by atoms with Crippen LogP contribution in [0, 0.1) is 17.2 Å². The Morgan fingerprint density at radius 2 is 2.12 bits per heavy atom. The van der Waals surface area contributed by atoms with Crippen LogP contribution in [0.1, 0.15) is 24.8 Å². The third-order valence-electron chi connectivity index (χ3n) is 3.15. The van der Waals surface area contributed by atoms with Crippen molar-refractivity contribution in [2.45, 2.75) is 25.8 Å². The zero-order valence-corrected chi connectivity index (χ0v) is 9.80. The maximum Gasteiger partial charge on any atom is 0.224 e. The molecule has 2 rings (SSSR count). The molecule has 1 fully saturated rings. The van der Waals surface area contributed by atoms with E-state index >= 15 is 0 Å². The third-order valence-corrected chi connectivity index (χ3v) is 3.15. The fourth-order valence-electron chi connectivity index (χ4n) is 2.18. The second-order valence-corrected chi connectivity index (χ2v) is 4.47. The van der Waals surface area contributed by atoms with Crippen LogP contribution in [0.4, 0.5) is 0 Å². The van der Waals surface area contributed by atoms with Gasteiger partial charge in [0.2, 0.25) is 5.91 Å². The van der Waals surface area contributed by atoms with Crippen LogP contribution < -0.4 is 0 Å². The number of nitriles is 1. The number of carbonyl (C=O) groups excluding carboxylic acids is 1. The Morgan fingerprint density at radius 3 is 2.82 bits per heavy atom. The average Bonchev–Trinajstić information content (AvgIpc) is 2.53. The van der Waals surface area contributed by atoms with Gasteiger partial charge in [-0.2, -0.15) is 5.26 Å². The van der Waals surface area contributed by atoms with E-state index in [2.05, 4.69) is 6.07 Å². The first-order valence-corrected chi connectivity index (χ1v) is 6.01. The number of nitrogens with zero attached hydrogens (tertiary/aromatic N) is 2. The highest BCUT2D eigenvalue weighted by Crippen LogP contribution is 2.19. The number of amides is 1. The largest absolute Gasteiger partial charge is 0.338 e. The molecule has 17 heavy (non-hydrogen) atoms. The first kappa shape index (κ1) is 11.7. The fourth-order valence-corrected chi connectivity index (χ4v) is 2.18. The molecule has 1 heterocycles. The summed E-state index contributed by atoms with van der Waals surface area (Å²) < 4.78 is 0. The maximum atomic E-state index is 12.0. The van der Waals surface area contributed by atoms with Gasteiger partial charge >= 0.3 is 0 Å². The van der Waals surface area contributed by atoms with Crippen molar-refractivity contribution in [3.8, 4) is 6.07 Å². The molecule has 1 atom stereocenters. The number of hydrogen-bond donors (Lipinski definition) is 0. The van der Waals surface area contributed by atoms with Crippen LogP contribution in [0.3, 0.4) is 0 Å². The highest BCUT2D eigenvalue weighted by molar-refractivity contribution is 5.77. The van der Waals surface area contributed by atoms with Crippen molar-refractivity contribution in [3.05, 3.63) is 35.9 Å². The normalized spacial score (nSPS) is 20.8. The lowest BCUT2D eigenvalue weighted by molar-refractivity contribution is -0.131. The molecule has 0 N–H and O–H groups in total. The zero-order chi connectivity index (χ0) is 12.1. The first-order chi connectivity index (χ1) is 8.29. The lowest BCUT2D eigenvalue weighted by atomic mass is 10.0. The van der Waals surface area contributed by atoms with Gasteiger partial charge in [-0.15, -0.1) is 0 Å². The third kappa shape index (κ3) is 3.07. The van der Waals surface area contributed by atoms with Crippen molar-refractivity contribution in [2.24, 2.45) is 5.92 Å². The van der Waals surface area contributed by atoms with Gasteiger partial charge in [0, 0.05) is 19.5 Å². The van der Waals surface area contributed by atoms with Crippen molar-refractivity contribution in [1.82, 2.24) is 4.90 Å². The van der Waals surface area contributed by atoms with Crippen molar-refractivity contribution >= 4 is 5.91 Å². The van der Waals surface area contributed by atoms with Crippen LogP contribution >= 0.6 is 0 Å². The van der Waals surface area contributed by atoms with E-state index in [0.717, 1.165) is 24.9 Å². The molecule has 0 aromatic heterocycles. The molecule has 3 nitrogen and oxygen atoms in total. The van der Waals surface area contributed by atoms with Crippen LogP contribution in [0.2, 0.25) is 0 Å². The fraction of sp³-hybridized carbons (Fsp3) is 0.429. The minimum atomic E-state index is -0.0942. The number of hydrogen-bond acceptors (Lipinski definition) is 2. The van der Waals surface area contributed by atoms with Gasteiger partial charge in [-0.1, -0.05) is 30.3 Å². The second kappa shape index (κ2) is 5.49. The van der Waals surface area contributed by atoms with Gasteiger partial charge in [0.05, 0.1) is 12.0 Å². The molecule has 1 aliphatic rings. The van der Waals surface area contributed by atoms with Gasteiger partial charge in [0.15, 0.2) is 0 Å². The van der Waals surface area contributed by atoms with Gasteiger partial charge in [-0.25, -0.2) is 0 Å². The Bertz CT molecular complexity index is 422. The summed E-state index contributed by atoms with van der Waals surface area (Å²) in [6.07, 6.45) is 2.15. The van der Waals surface area contributed by atoms with Gasteiger partial charge in [0.1, 0.15) is 0 Å². The van der Waals surface area contributed by atoms with E-state index in [1.54, 1.807) is 0 Å². The Hall–Kier alpha value is -1.82. The Kier molecular flexibility index (Phi) is 3.77. The van der Waals surface area contributed by atoms with E-state index in [4.69, 9.17) is 5.26 Å². The summed E-state index contributed by atoms with van der Waals surface area (Å²) in [4.78, 5) is 13.8. The second-order valence-electron chi connectivity index (χ2n) is 4.47. The predicted octanol–water partition coefficient (Wildman–Crippen LogP) is 2.34. The first-order valence-electron chi connectivity index (χ1n) is 6.01. The van der Waals surface area contributed by atoms with Crippen molar-refractivity contribution in [3.63, 3.8) is 0 Å². The van der Waals surface area contributed by atoms with E-state index in [9.17, 15) is 4.79 Å². The molecule has 0 radical (unpaired) electrons. The molecule has 1 aromatic rings. The van der Waals surface area contributed by atoms with E-state index in [-0.39, 0.29) is 11.8 Å². The minimum absolute atomic E-state index is 0.0942. The molecule has 1 aromatic carbocycles. The zero-order valence-electron chi connectivity index (χ0n) is 9.80. The van der Waals surface area contributed by atoms with Crippen molar-refractivity contribution < 1.29 is 4.79 Å². The molecule has 1 saturated heterocycles. The molecule has 0 saturated carbocycles. The molecular weight excluding hydrogens is 212 g/mol. The van der Waals surface area contributed by atoms with Crippen molar-refractivity contribution in [2.75, 3.05) is 6.54 Å². The molecule has 1 amide bonds. The minimum Gasteiger partial charge on any atom is -0.338 e. The number of likely N-dealkylation sites (tertiary alicyclic amines) is 1. The van der Waals surface area contributed by atoms with Crippen LogP contribution in [-0.4, -0.2) is 17.4 Å². The summed E-state index contributed by atoms with van der Waals surface area (Å²) in [7, 11) is 0. The monoisotopic (exact) mass is 228 g/mol. The summed E-state index contributed by atoms with van der Waals surface area (Å²) in [5, 5.41) is 8.89. The molecule has 88 valence electrons. The Morgan fingerprint density at radius 1 is 1.35 bits per heavy atom.